The van der Waals surface area contributed by atoms with Crippen molar-refractivity contribution in [1.82, 2.24) is 8.75 Å². The highest BCUT2D eigenvalue weighted by Gasteiger charge is 2.42. The van der Waals surface area contributed by atoms with Crippen LogP contribution in [-0.4, -0.2) is 28.1 Å². The fourth-order valence-corrected chi connectivity index (χ4v) is 8.63. The Kier molecular flexibility index (Phi) is 10.8. The molecule has 0 aliphatic heterocycles. The lowest BCUT2D eigenvalue weighted by Gasteiger charge is -2.24. The van der Waals surface area contributed by atoms with Crippen LogP contribution in [0.1, 0.15) is 80.4 Å². The molecule has 3 aromatic heterocycles. The minimum atomic E-state index is -1.86. The summed E-state index contributed by atoms with van der Waals surface area (Å²) in [4.78, 5) is 3.31. The van der Waals surface area contributed by atoms with E-state index in [9.17, 15) is 0 Å². The number of aromatic nitrogens is 2. The van der Waals surface area contributed by atoms with Crippen LogP contribution < -0.4 is 9.47 Å². The Morgan fingerprint density at radius 3 is 1.72 bits per heavy atom. The Morgan fingerprint density at radius 2 is 1.17 bits per heavy atom. The van der Waals surface area contributed by atoms with Crippen LogP contribution in [-0.2, 0) is 0 Å². The highest BCUT2D eigenvalue weighted by Crippen LogP contribution is 2.49. The summed E-state index contributed by atoms with van der Waals surface area (Å²) < 4.78 is 53.2. The normalized spacial score (nSPS) is 16.3. The maximum absolute atomic E-state index is 16.1. The second kappa shape index (κ2) is 15.2. The lowest BCUT2D eigenvalue weighted by Crippen LogP contribution is -2.22. The van der Waals surface area contributed by atoms with Crippen LogP contribution in [0, 0.1) is 11.8 Å². The van der Waals surface area contributed by atoms with E-state index < -0.39 is 17.9 Å². The third kappa shape index (κ3) is 7.22. The second-order valence-electron chi connectivity index (χ2n) is 12.0. The van der Waals surface area contributed by atoms with Crippen LogP contribution >= 0.6 is 34.4 Å². The molecule has 2 atom stereocenters. The predicted octanol–water partition coefficient (Wildman–Crippen LogP) is 11.8. The number of halogens is 2. The molecular weight excluding hydrogens is 651 g/mol. The molecule has 2 aromatic carbocycles. The number of ether oxygens (including phenoxy) is 2. The number of fused-ring (bicyclic) bond motifs is 1. The van der Waals surface area contributed by atoms with E-state index in [1.165, 1.54) is 22.7 Å². The van der Waals surface area contributed by atoms with Crippen LogP contribution in [0.2, 0.25) is 0 Å². The molecule has 5 aromatic rings. The van der Waals surface area contributed by atoms with Gasteiger partial charge in [0.1, 0.15) is 23.0 Å². The fraction of sp³-hybridized carbons (Fsp3) is 0.368. The molecule has 2 unspecified atom stereocenters. The van der Waals surface area contributed by atoms with Crippen molar-refractivity contribution in [3.05, 3.63) is 99.8 Å². The van der Waals surface area contributed by atoms with E-state index in [2.05, 4.69) is 36.4 Å². The molecule has 4 nitrogen and oxygen atoms in total. The van der Waals surface area contributed by atoms with Crippen LogP contribution in [0.5, 0.6) is 11.5 Å². The molecule has 9 heteroatoms. The first kappa shape index (κ1) is 33.5. The first-order chi connectivity index (χ1) is 22.9. The predicted molar refractivity (Wildman–Crippen MR) is 192 cm³/mol. The van der Waals surface area contributed by atoms with Crippen molar-refractivity contribution in [1.29, 1.82) is 0 Å². The van der Waals surface area contributed by atoms with Crippen molar-refractivity contribution in [2.24, 2.45) is 11.8 Å². The molecule has 0 spiro atoms. The zero-order chi connectivity index (χ0) is 32.9. The lowest BCUT2D eigenvalue weighted by atomic mass is 9.86. The average molecular weight is 691 g/mol. The highest BCUT2D eigenvalue weighted by molar-refractivity contribution is 7.16. The minimum absolute atomic E-state index is 0.208. The Morgan fingerprint density at radius 1 is 0.660 bits per heavy atom. The molecule has 0 bridgehead atoms. The molecule has 0 radical (unpaired) electrons. The van der Waals surface area contributed by atoms with Gasteiger partial charge in [0.15, 0.2) is 6.17 Å². The largest absolute Gasteiger partial charge is 0.493 e. The lowest BCUT2D eigenvalue weighted by molar-refractivity contribution is 0.240. The Hall–Kier alpha value is -3.40. The van der Waals surface area contributed by atoms with E-state index in [-0.39, 0.29) is 5.57 Å². The molecular formula is C38H40F2N2O2S3. The van der Waals surface area contributed by atoms with Gasteiger partial charge in [-0.1, -0.05) is 53.4 Å². The van der Waals surface area contributed by atoms with E-state index >= 15 is 8.78 Å². The fourth-order valence-electron chi connectivity index (χ4n) is 5.83. The number of allylic oxidation sites excluding steroid dienone is 1. The maximum atomic E-state index is 16.1. The van der Waals surface area contributed by atoms with Gasteiger partial charge < -0.3 is 9.47 Å². The van der Waals surface area contributed by atoms with Gasteiger partial charge >= 0.3 is 0 Å². The number of thiophene rings is 2. The van der Waals surface area contributed by atoms with Gasteiger partial charge in [0.05, 0.1) is 42.1 Å². The summed E-state index contributed by atoms with van der Waals surface area (Å²) in [7, 11) is 0. The van der Waals surface area contributed by atoms with Gasteiger partial charge in [0.2, 0.25) is 0 Å². The highest BCUT2D eigenvalue weighted by atomic mass is 32.1. The second-order valence-corrected chi connectivity index (χ2v) is 14.7. The monoisotopic (exact) mass is 690 g/mol. The van der Waals surface area contributed by atoms with Crippen LogP contribution in [0.4, 0.5) is 8.78 Å². The first-order valence-electron chi connectivity index (χ1n) is 16.5. The van der Waals surface area contributed by atoms with Gasteiger partial charge in [-0.3, -0.25) is 0 Å². The molecule has 0 amide bonds. The first-order valence-corrected chi connectivity index (χ1v) is 18.8. The van der Waals surface area contributed by atoms with E-state index in [1.54, 1.807) is 0 Å². The molecule has 47 heavy (non-hydrogen) atoms. The smallest absolute Gasteiger partial charge is 0.165 e. The number of rotatable bonds is 14. The summed E-state index contributed by atoms with van der Waals surface area (Å²) in [6.07, 6.45) is 2.51. The summed E-state index contributed by atoms with van der Waals surface area (Å²) in [6.45, 7) is 10.1. The number of nitrogens with zero attached hydrogens (tertiary/aromatic N) is 2. The van der Waals surface area contributed by atoms with Crippen molar-refractivity contribution < 1.29 is 18.3 Å². The standard InChI is InChI=1S/C38H40F2N2O2S3/c1-5-23(6-2)21-43-27-13-9-25(10-14-27)29-17-19-31(45-29)33-35(39)36(40)34(38-37(33)41-47-42-38)32-20-18-30(46-32)26-11-15-28(16-12-26)44-22-24(7-3)8-4/h9-20,23-24,33,35H,5-8,21-22H2,1-4H3. The third-order valence-electron chi connectivity index (χ3n) is 9.16. The molecule has 0 saturated heterocycles. The van der Waals surface area contributed by atoms with Crippen molar-refractivity contribution >= 4 is 40.0 Å². The number of hydrogen-bond acceptors (Lipinski definition) is 7. The van der Waals surface area contributed by atoms with Gasteiger partial charge in [-0.2, -0.15) is 8.75 Å². The maximum Gasteiger partial charge on any atom is 0.165 e. The summed E-state index contributed by atoms with van der Waals surface area (Å²) in [5.41, 5.74) is 3.13. The Balaban J connectivity index is 1.19. The molecule has 0 saturated carbocycles. The summed E-state index contributed by atoms with van der Waals surface area (Å²) in [6, 6.07) is 23.6. The van der Waals surface area contributed by atoms with Gasteiger partial charge in [0, 0.05) is 19.5 Å². The van der Waals surface area contributed by atoms with E-state index in [4.69, 9.17) is 9.47 Å². The van der Waals surface area contributed by atoms with Gasteiger partial charge in [0.25, 0.3) is 0 Å². The summed E-state index contributed by atoms with van der Waals surface area (Å²) in [5, 5.41) is 0. The molecule has 1 aliphatic rings. The molecule has 1 aliphatic carbocycles. The van der Waals surface area contributed by atoms with Crippen molar-refractivity contribution in [2.75, 3.05) is 13.2 Å². The number of alkyl halides is 1. The van der Waals surface area contributed by atoms with Crippen LogP contribution in [0.15, 0.2) is 78.6 Å². The topological polar surface area (TPSA) is 44.2 Å². The average Bonchev–Trinajstić information content (AvgIpc) is 3.89. The van der Waals surface area contributed by atoms with Crippen molar-refractivity contribution in [3.8, 4) is 32.4 Å². The molecule has 0 fully saturated rings. The van der Waals surface area contributed by atoms with Gasteiger partial charge in [-0.25, -0.2) is 8.78 Å². The zero-order valence-corrected chi connectivity index (χ0v) is 29.6. The van der Waals surface area contributed by atoms with E-state index in [0.29, 0.717) is 41.3 Å². The quantitative estimate of drug-likeness (QED) is 0.116. The molecule has 3 heterocycles. The van der Waals surface area contributed by atoms with E-state index in [0.717, 1.165) is 74.7 Å². The van der Waals surface area contributed by atoms with Crippen LogP contribution in [0.3, 0.4) is 0 Å². The van der Waals surface area contributed by atoms with Crippen molar-refractivity contribution in [3.63, 3.8) is 0 Å². The Bertz CT molecular complexity index is 1780. The zero-order valence-electron chi connectivity index (χ0n) is 27.2. The number of benzene rings is 2. The SMILES string of the molecule is CCC(CC)COc1ccc(-c2ccc(C3=C(F)C(F)C(c4ccc(-c5ccc(OCC(CC)CC)cc5)s4)c4nsnc43)s2)cc1. The van der Waals surface area contributed by atoms with Gasteiger partial charge in [-0.15, -0.1) is 22.7 Å². The van der Waals surface area contributed by atoms with E-state index in [1.807, 2.05) is 72.8 Å². The van der Waals surface area contributed by atoms with Crippen molar-refractivity contribution in [2.45, 2.75) is 65.5 Å². The molecule has 0 N–H and O–H groups in total. The Labute approximate surface area is 288 Å². The van der Waals surface area contributed by atoms with Gasteiger partial charge in [-0.05, 0) is 95.8 Å². The third-order valence-corrected chi connectivity index (χ3v) is 12.1. The molecule has 246 valence electrons. The number of hydrogen-bond donors (Lipinski definition) is 0. The summed E-state index contributed by atoms with van der Waals surface area (Å²) >= 11 is 3.89. The molecule has 6 rings (SSSR count). The minimum Gasteiger partial charge on any atom is -0.493 e. The van der Waals surface area contributed by atoms with Crippen LogP contribution in [0.25, 0.3) is 26.5 Å². The summed E-state index contributed by atoms with van der Waals surface area (Å²) in [5.74, 6) is 1.12.